The zero-order valence-electron chi connectivity index (χ0n) is 10.2. The summed E-state index contributed by atoms with van der Waals surface area (Å²) < 4.78 is 0. The summed E-state index contributed by atoms with van der Waals surface area (Å²) in [6.07, 6.45) is 4.17. The van der Waals surface area contributed by atoms with Crippen molar-refractivity contribution in [2.24, 2.45) is 5.73 Å². The van der Waals surface area contributed by atoms with Crippen molar-refractivity contribution in [2.45, 2.75) is 38.8 Å². The highest BCUT2D eigenvalue weighted by atomic mass is 15.2. The Labute approximate surface area is 97.7 Å². The predicted molar refractivity (Wildman–Crippen MR) is 66.1 cm³/mol. The van der Waals surface area contributed by atoms with E-state index in [9.17, 15) is 0 Å². The highest BCUT2D eigenvalue weighted by Gasteiger charge is 2.38. The molecule has 1 fully saturated rings. The van der Waals surface area contributed by atoms with Gasteiger partial charge in [-0.1, -0.05) is 19.4 Å². The van der Waals surface area contributed by atoms with Gasteiger partial charge >= 0.3 is 0 Å². The summed E-state index contributed by atoms with van der Waals surface area (Å²) in [7, 11) is 0. The first-order valence-corrected chi connectivity index (χ1v) is 6.05. The van der Waals surface area contributed by atoms with Crippen LogP contribution in [-0.2, 0) is 6.54 Å². The van der Waals surface area contributed by atoms with Gasteiger partial charge in [-0.25, -0.2) is 0 Å². The Balaban J connectivity index is 1.88. The SMILES string of the molecule is CCCC1(N)CN(Cc2ncccc2C)C1. The van der Waals surface area contributed by atoms with Crippen LogP contribution in [0, 0.1) is 6.92 Å². The van der Waals surface area contributed by atoms with E-state index in [0.29, 0.717) is 0 Å². The average molecular weight is 219 g/mol. The van der Waals surface area contributed by atoms with Gasteiger partial charge in [0, 0.05) is 31.4 Å². The minimum absolute atomic E-state index is 0.0669. The molecule has 2 heterocycles. The van der Waals surface area contributed by atoms with E-state index in [2.05, 4.69) is 29.8 Å². The lowest BCUT2D eigenvalue weighted by atomic mass is 9.86. The molecular formula is C13H21N3. The lowest BCUT2D eigenvalue weighted by molar-refractivity contribution is 0.0554. The first-order valence-electron chi connectivity index (χ1n) is 6.05. The van der Waals surface area contributed by atoms with Gasteiger partial charge < -0.3 is 5.73 Å². The fraction of sp³-hybridized carbons (Fsp3) is 0.615. The minimum atomic E-state index is 0.0669. The molecule has 0 aliphatic carbocycles. The molecule has 16 heavy (non-hydrogen) atoms. The molecule has 2 rings (SSSR count). The molecule has 0 radical (unpaired) electrons. The van der Waals surface area contributed by atoms with E-state index in [1.165, 1.54) is 17.7 Å². The molecule has 1 saturated heterocycles. The number of hydrogen-bond donors (Lipinski definition) is 1. The Bertz CT molecular complexity index is 356. The van der Waals surface area contributed by atoms with Crippen LogP contribution in [0.25, 0.3) is 0 Å². The largest absolute Gasteiger partial charge is 0.323 e. The lowest BCUT2D eigenvalue weighted by Crippen LogP contribution is -2.66. The van der Waals surface area contributed by atoms with Crippen LogP contribution in [0.3, 0.4) is 0 Å². The van der Waals surface area contributed by atoms with E-state index in [-0.39, 0.29) is 5.54 Å². The first-order chi connectivity index (χ1) is 7.63. The molecule has 3 nitrogen and oxygen atoms in total. The summed E-state index contributed by atoms with van der Waals surface area (Å²) in [4.78, 5) is 6.79. The maximum atomic E-state index is 6.23. The Hall–Kier alpha value is -0.930. The summed E-state index contributed by atoms with van der Waals surface area (Å²) in [5.41, 5.74) is 8.75. The van der Waals surface area contributed by atoms with Crippen molar-refractivity contribution >= 4 is 0 Å². The van der Waals surface area contributed by atoms with E-state index >= 15 is 0 Å². The second-order valence-corrected chi connectivity index (χ2v) is 5.02. The van der Waals surface area contributed by atoms with Gasteiger partial charge in [-0.05, 0) is 25.0 Å². The number of rotatable bonds is 4. The Kier molecular flexibility index (Phi) is 3.26. The molecule has 0 unspecified atom stereocenters. The molecule has 1 aliphatic rings. The van der Waals surface area contributed by atoms with Gasteiger partial charge in [0.1, 0.15) is 0 Å². The summed E-state index contributed by atoms with van der Waals surface area (Å²) in [5.74, 6) is 0. The topological polar surface area (TPSA) is 42.1 Å². The van der Waals surface area contributed by atoms with Crippen LogP contribution < -0.4 is 5.73 Å². The fourth-order valence-electron chi connectivity index (χ4n) is 2.51. The maximum absolute atomic E-state index is 6.23. The number of nitrogens with two attached hydrogens (primary N) is 1. The van der Waals surface area contributed by atoms with Gasteiger partial charge in [0.25, 0.3) is 0 Å². The Morgan fingerprint density at radius 1 is 1.50 bits per heavy atom. The Morgan fingerprint density at radius 3 is 2.88 bits per heavy atom. The van der Waals surface area contributed by atoms with E-state index in [0.717, 1.165) is 26.1 Å². The van der Waals surface area contributed by atoms with E-state index < -0.39 is 0 Å². The number of aromatic nitrogens is 1. The number of aryl methyl sites for hydroxylation is 1. The average Bonchev–Trinajstić information content (AvgIpc) is 2.19. The van der Waals surface area contributed by atoms with E-state index in [1.807, 2.05) is 12.3 Å². The molecule has 0 atom stereocenters. The molecule has 0 spiro atoms. The van der Waals surface area contributed by atoms with Gasteiger partial charge in [0.2, 0.25) is 0 Å². The third-order valence-corrected chi connectivity index (χ3v) is 3.32. The molecule has 2 N–H and O–H groups in total. The highest BCUT2D eigenvalue weighted by molar-refractivity contribution is 5.18. The lowest BCUT2D eigenvalue weighted by Gasteiger charge is -2.48. The third-order valence-electron chi connectivity index (χ3n) is 3.32. The van der Waals surface area contributed by atoms with Gasteiger partial charge in [0.05, 0.1) is 5.69 Å². The molecule has 1 aromatic rings. The van der Waals surface area contributed by atoms with Crippen LogP contribution in [0.2, 0.25) is 0 Å². The van der Waals surface area contributed by atoms with Crippen LogP contribution in [0.4, 0.5) is 0 Å². The third kappa shape index (κ3) is 2.42. The highest BCUT2D eigenvalue weighted by Crippen LogP contribution is 2.24. The number of likely N-dealkylation sites (tertiary alicyclic amines) is 1. The first kappa shape index (κ1) is 11.6. The monoisotopic (exact) mass is 219 g/mol. The minimum Gasteiger partial charge on any atom is -0.323 e. The van der Waals surface area contributed by atoms with Crippen molar-refractivity contribution in [1.29, 1.82) is 0 Å². The smallest absolute Gasteiger partial charge is 0.0573 e. The zero-order chi connectivity index (χ0) is 11.6. The van der Waals surface area contributed by atoms with Crippen LogP contribution in [0.15, 0.2) is 18.3 Å². The van der Waals surface area contributed by atoms with E-state index in [4.69, 9.17) is 5.73 Å². The van der Waals surface area contributed by atoms with Crippen molar-refractivity contribution in [2.75, 3.05) is 13.1 Å². The summed E-state index contributed by atoms with van der Waals surface area (Å²) in [6, 6.07) is 4.10. The normalized spacial score (nSPS) is 19.4. The van der Waals surface area contributed by atoms with Crippen LogP contribution >= 0.6 is 0 Å². The standard InChI is InChI=1S/C13H21N3/c1-3-6-13(14)9-16(10-13)8-12-11(2)5-4-7-15-12/h4-5,7H,3,6,8-10,14H2,1-2H3. The second kappa shape index (κ2) is 4.52. The second-order valence-electron chi connectivity index (χ2n) is 5.02. The number of pyridine rings is 1. The van der Waals surface area contributed by atoms with Gasteiger partial charge in [-0.15, -0.1) is 0 Å². The predicted octanol–water partition coefficient (Wildman–Crippen LogP) is 1.70. The molecule has 0 aromatic carbocycles. The Morgan fingerprint density at radius 2 is 2.25 bits per heavy atom. The van der Waals surface area contributed by atoms with Crippen LogP contribution in [0.5, 0.6) is 0 Å². The maximum Gasteiger partial charge on any atom is 0.0573 e. The van der Waals surface area contributed by atoms with Crippen LogP contribution in [0.1, 0.15) is 31.0 Å². The zero-order valence-corrected chi connectivity index (χ0v) is 10.2. The molecule has 88 valence electrons. The van der Waals surface area contributed by atoms with Gasteiger partial charge in [0.15, 0.2) is 0 Å². The fourth-order valence-corrected chi connectivity index (χ4v) is 2.51. The van der Waals surface area contributed by atoms with Crippen molar-refractivity contribution < 1.29 is 0 Å². The van der Waals surface area contributed by atoms with Gasteiger partial charge in [-0.3, -0.25) is 9.88 Å². The molecule has 1 aliphatic heterocycles. The molecule has 0 bridgehead atoms. The van der Waals surface area contributed by atoms with Crippen molar-refractivity contribution in [1.82, 2.24) is 9.88 Å². The van der Waals surface area contributed by atoms with Crippen molar-refractivity contribution in [3.63, 3.8) is 0 Å². The number of hydrogen-bond acceptors (Lipinski definition) is 3. The molecule has 1 aromatic heterocycles. The summed E-state index contributed by atoms with van der Waals surface area (Å²) in [5, 5.41) is 0. The van der Waals surface area contributed by atoms with Crippen molar-refractivity contribution in [3.05, 3.63) is 29.6 Å². The quantitative estimate of drug-likeness (QED) is 0.838. The summed E-state index contributed by atoms with van der Waals surface area (Å²) in [6.45, 7) is 7.27. The number of nitrogens with zero attached hydrogens (tertiary/aromatic N) is 2. The summed E-state index contributed by atoms with van der Waals surface area (Å²) >= 11 is 0. The van der Waals surface area contributed by atoms with E-state index in [1.54, 1.807) is 0 Å². The molecular weight excluding hydrogens is 198 g/mol. The van der Waals surface area contributed by atoms with Crippen molar-refractivity contribution in [3.8, 4) is 0 Å². The molecule has 3 heteroatoms. The molecule has 0 saturated carbocycles. The van der Waals surface area contributed by atoms with Crippen LogP contribution in [-0.4, -0.2) is 28.5 Å². The molecule has 0 amide bonds. The van der Waals surface area contributed by atoms with Gasteiger partial charge in [-0.2, -0.15) is 0 Å².